The molecule has 2 nitrogen and oxygen atoms in total. The molecule has 0 aromatic heterocycles. The lowest BCUT2D eigenvalue weighted by atomic mass is 10.1. The van der Waals surface area contributed by atoms with E-state index < -0.39 is 0 Å². The van der Waals surface area contributed by atoms with E-state index in [-0.39, 0.29) is 11.4 Å². The lowest BCUT2D eigenvalue weighted by molar-refractivity contribution is 0.423. The van der Waals surface area contributed by atoms with Crippen LogP contribution in [0, 0.1) is 5.82 Å². The molecule has 3 heteroatoms. The molecule has 1 aliphatic rings. The standard InChI is InChI=1S/C17H27FN2/c1-17(2,3)19-12-13-9-10-16(15(18)11-13)20(4)14-7-5-6-8-14/h9-11,14,19H,5-8,12H2,1-4H3. The summed E-state index contributed by atoms with van der Waals surface area (Å²) in [5.41, 5.74) is 1.79. The highest BCUT2D eigenvalue weighted by molar-refractivity contribution is 5.49. The van der Waals surface area contributed by atoms with Gasteiger partial charge >= 0.3 is 0 Å². The van der Waals surface area contributed by atoms with Crippen molar-refractivity contribution >= 4 is 5.69 Å². The fourth-order valence-electron chi connectivity index (χ4n) is 2.80. The van der Waals surface area contributed by atoms with Gasteiger partial charge in [0.1, 0.15) is 5.82 Å². The molecule has 2 rings (SSSR count). The third-order valence-corrected chi connectivity index (χ3v) is 4.09. The Labute approximate surface area is 122 Å². The van der Waals surface area contributed by atoms with Crippen LogP contribution in [0.1, 0.15) is 52.0 Å². The van der Waals surface area contributed by atoms with Gasteiger partial charge in [-0.3, -0.25) is 0 Å². The Morgan fingerprint density at radius 1 is 1.25 bits per heavy atom. The van der Waals surface area contributed by atoms with Gasteiger partial charge < -0.3 is 10.2 Å². The van der Waals surface area contributed by atoms with Crippen molar-refractivity contribution in [2.24, 2.45) is 0 Å². The quantitative estimate of drug-likeness (QED) is 0.892. The van der Waals surface area contributed by atoms with E-state index in [4.69, 9.17) is 0 Å². The summed E-state index contributed by atoms with van der Waals surface area (Å²) in [7, 11) is 2.02. The molecule has 1 aliphatic carbocycles. The van der Waals surface area contributed by atoms with Crippen LogP contribution in [0.3, 0.4) is 0 Å². The molecule has 20 heavy (non-hydrogen) atoms. The molecule has 1 aromatic carbocycles. The molecule has 0 radical (unpaired) electrons. The van der Waals surface area contributed by atoms with Crippen LogP contribution in [-0.4, -0.2) is 18.6 Å². The predicted octanol–water partition coefficient (Wildman–Crippen LogP) is 4.09. The Bertz CT molecular complexity index is 445. The average molecular weight is 278 g/mol. The van der Waals surface area contributed by atoms with Crippen LogP contribution in [0.2, 0.25) is 0 Å². The van der Waals surface area contributed by atoms with E-state index in [0.29, 0.717) is 12.6 Å². The lowest BCUT2D eigenvalue weighted by Crippen LogP contribution is -2.35. The SMILES string of the molecule is CN(c1ccc(CNC(C)(C)C)cc1F)C1CCCC1. The van der Waals surface area contributed by atoms with Crippen molar-refractivity contribution in [3.05, 3.63) is 29.6 Å². The number of benzene rings is 1. The number of nitrogens with zero attached hydrogens (tertiary/aromatic N) is 1. The second kappa shape index (κ2) is 6.13. The van der Waals surface area contributed by atoms with Crippen LogP contribution < -0.4 is 10.2 Å². The van der Waals surface area contributed by atoms with Crippen LogP contribution in [0.4, 0.5) is 10.1 Å². The molecule has 0 unspecified atom stereocenters. The molecule has 1 N–H and O–H groups in total. The fourth-order valence-corrected chi connectivity index (χ4v) is 2.80. The summed E-state index contributed by atoms with van der Waals surface area (Å²) in [5, 5.41) is 3.39. The monoisotopic (exact) mass is 278 g/mol. The zero-order valence-corrected chi connectivity index (χ0v) is 13.2. The first kappa shape index (κ1) is 15.3. The predicted molar refractivity (Wildman–Crippen MR) is 83.7 cm³/mol. The third-order valence-electron chi connectivity index (χ3n) is 4.09. The van der Waals surface area contributed by atoms with Gasteiger partial charge in [-0.1, -0.05) is 18.9 Å². The number of hydrogen-bond acceptors (Lipinski definition) is 2. The molecule has 0 bridgehead atoms. The van der Waals surface area contributed by atoms with Crippen LogP contribution in [0.5, 0.6) is 0 Å². The lowest BCUT2D eigenvalue weighted by Gasteiger charge is -2.27. The van der Waals surface area contributed by atoms with E-state index in [2.05, 4.69) is 31.0 Å². The molecule has 1 fully saturated rings. The number of rotatable bonds is 4. The van der Waals surface area contributed by atoms with E-state index in [0.717, 1.165) is 11.3 Å². The molecule has 0 heterocycles. The Kier molecular flexibility index (Phi) is 4.69. The summed E-state index contributed by atoms with van der Waals surface area (Å²) in [5.74, 6) is -0.104. The minimum absolute atomic E-state index is 0.0514. The normalized spacial score (nSPS) is 16.6. The summed E-state index contributed by atoms with van der Waals surface area (Å²) in [6, 6.07) is 6.12. The molecule has 0 amide bonds. The largest absolute Gasteiger partial charge is 0.369 e. The van der Waals surface area contributed by atoms with Crippen LogP contribution >= 0.6 is 0 Å². The van der Waals surface area contributed by atoms with Gasteiger partial charge in [-0.05, 0) is 51.3 Å². The van der Waals surface area contributed by atoms with Gasteiger partial charge in [-0.15, -0.1) is 0 Å². The number of nitrogens with one attached hydrogen (secondary N) is 1. The van der Waals surface area contributed by atoms with Crippen molar-refractivity contribution < 1.29 is 4.39 Å². The highest BCUT2D eigenvalue weighted by Gasteiger charge is 2.21. The van der Waals surface area contributed by atoms with Crippen LogP contribution in [-0.2, 0) is 6.54 Å². The maximum Gasteiger partial charge on any atom is 0.146 e. The molecule has 1 saturated carbocycles. The minimum Gasteiger partial charge on any atom is -0.369 e. The van der Waals surface area contributed by atoms with E-state index >= 15 is 0 Å². The number of hydrogen-bond donors (Lipinski definition) is 1. The van der Waals surface area contributed by atoms with Crippen molar-refractivity contribution in [3.63, 3.8) is 0 Å². The van der Waals surface area contributed by atoms with Crippen molar-refractivity contribution in [3.8, 4) is 0 Å². The first-order valence-electron chi connectivity index (χ1n) is 7.63. The summed E-state index contributed by atoms with van der Waals surface area (Å²) in [6.07, 6.45) is 4.90. The third kappa shape index (κ3) is 3.95. The summed E-state index contributed by atoms with van der Waals surface area (Å²) < 4.78 is 14.3. The minimum atomic E-state index is -0.104. The highest BCUT2D eigenvalue weighted by Crippen LogP contribution is 2.29. The highest BCUT2D eigenvalue weighted by atomic mass is 19.1. The fraction of sp³-hybridized carbons (Fsp3) is 0.647. The Morgan fingerprint density at radius 3 is 2.45 bits per heavy atom. The van der Waals surface area contributed by atoms with Gasteiger partial charge in [0, 0.05) is 25.2 Å². The zero-order valence-electron chi connectivity index (χ0n) is 13.2. The van der Waals surface area contributed by atoms with Gasteiger partial charge in [-0.2, -0.15) is 0 Å². The first-order chi connectivity index (χ1) is 9.37. The molecule has 0 atom stereocenters. The van der Waals surface area contributed by atoms with Gasteiger partial charge in [0.15, 0.2) is 0 Å². The summed E-state index contributed by atoms with van der Waals surface area (Å²) >= 11 is 0. The van der Waals surface area contributed by atoms with Gasteiger partial charge in [0.05, 0.1) is 5.69 Å². The van der Waals surface area contributed by atoms with Crippen molar-refractivity contribution in [2.45, 2.75) is 64.6 Å². The first-order valence-corrected chi connectivity index (χ1v) is 7.63. The van der Waals surface area contributed by atoms with Gasteiger partial charge in [-0.25, -0.2) is 4.39 Å². The van der Waals surface area contributed by atoms with E-state index in [1.807, 2.05) is 19.2 Å². The van der Waals surface area contributed by atoms with Gasteiger partial charge in [0.2, 0.25) is 0 Å². The molecule has 112 valence electrons. The molecule has 1 aromatic rings. The molecule has 0 spiro atoms. The number of halogens is 1. The van der Waals surface area contributed by atoms with E-state index in [1.165, 1.54) is 25.7 Å². The topological polar surface area (TPSA) is 15.3 Å². The van der Waals surface area contributed by atoms with Gasteiger partial charge in [0.25, 0.3) is 0 Å². The summed E-state index contributed by atoms with van der Waals surface area (Å²) in [4.78, 5) is 2.11. The Morgan fingerprint density at radius 2 is 1.90 bits per heavy atom. The van der Waals surface area contributed by atoms with Crippen molar-refractivity contribution in [1.82, 2.24) is 5.32 Å². The smallest absolute Gasteiger partial charge is 0.146 e. The van der Waals surface area contributed by atoms with E-state index in [1.54, 1.807) is 6.07 Å². The van der Waals surface area contributed by atoms with Crippen molar-refractivity contribution in [1.29, 1.82) is 0 Å². The molecule has 0 aliphatic heterocycles. The van der Waals surface area contributed by atoms with Crippen molar-refractivity contribution in [2.75, 3.05) is 11.9 Å². The Hall–Kier alpha value is -1.09. The molecular formula is C17H27FN2. The molecular weight excluding hydrogens is 251 g/mol. The molecule has 0 saturated heterocycles. The second-order valence-corrected chi connectivity index (χ2v) is 6.94. The maximum atomic E-state index is 14.3. The second-order valence-electron chi connectivity index (χ2n) is 6.94. The number of anilines is 1. The van der Waals surface area contributed by atoms with E-state index in [9.17, 15) is 4.39 Å². The van der Waals surface area contributed by atoms with Crippen LogP contribution in [0.25, 0.3) is 0 Å². The zero-order chi connectivity index (χ0) is 14.8. The Balaban J connectivity index is 2.05. The van der Waals surface area contributed by atoms with Crippen LogP contribution in [0.15, 0.2) is 18.2 Å². The average Bonchev–Trinajstić information content (AvgIpc) is 2.88. The summed E-state index contributed by atoms with van der Waals surface area (Å²) in [6.45, 7) is 7.05. The maximum absolute atomic E-state index is 14.3.